The van der Waals surface area contributed by atoms with Crippen LogP contribution in [-0.4, -0.2) is 54.9 Å². The Morgan fingerprint density at radius 3 is 1.21 bits per heavy atom. The second-order valence-electron chi connectivity index (χ2n) is 8.94. The Morgan fingerprint density at radius 2 is 0.974 bits per heavy atom. The van der Waals surface area contributed by atoms with Gasteiger partial charge in [-0.05, 0) is 64.5 Å². The molecule has 0 saturated heterocycles. The van der Waals surface area contributed by atoms with Crippen LogP contribution in [0.25, 0.3) is 22.5 Å². The molecule has 2 heterocycles. The second-order valence-corrected chi connectivity index (χ2v) is 10.7. The van der Waals surface area contributed by atoms with E-state index in [2.05, 4.69) is 10.2 Å². The summed E-state index contributed by atoms with van der Waals surface area (Å²) in [5.74, 6) is -0.150. The van der Waals surface area contributed by atoms with Gasteiger partial charge in [0.05, 0.1) is 12.1 Å². The first-order valence-electron chi connectivity index (χ1n) is 12.0. The fourth-order valence-corrected chi connectivity index (χ4v) is 4.55. The predicted octanol–water partition coefficient (Wildman–Crippen LogP) is 6.74. The molecule has 0 bridgehead atoms. The van der Waals surface area contributed by atoms with Crippen LogP contribution < -0.4 is 0 Å². The van der Waals surface area contributed by atoms with E-state index in [9.17, 15) is 19.8 Å². The van der Waals surface area contributed by atoms with Gasteiger partial charge in [-0.1, -0.05) is 24.3 Å². The number of thioether (sulfide) groups is 2. The molecule has 0 atom stereocenters. The van der Waals surface area contributed by atoms with Crippen molar-refractivity contribution in [2.45, 2.75) is 49.6 Å². The second kappa shape index (κ2) is 12.8. The molecule has 38 heavy (non-hydrogen) atoms. The van der Waals surface area contributed by atoms with E-state index in [0.717, 1.165) is 20.9 Å². The van der Waals surface area contributed by atoms with Gasteiger partial charge in [-0.15, -0.1) is 23.5 Å². The fourth-order valence-electron chi connectivity index (χ4n) is 3.74. The van der Waals surface area contributed by atoms with Gasteiger partial charge in [-0.3, -0.25) is 9.59 Å². The van der Waals surface area contributed by atoms with E-state index < -0.39 is 0 Å². The third-order valence-electron chi connectivity index (χ3n) is 5.78. The van der Waals surface area contributed by atoms with Crippen molar-refractivity contribution < 1.29 is 19.8 Å². The summed E-state index contributed by atoms with van der Waals surface area (Å²) in [6, 6.07) is 15.5. The molecule has 0 saturated carbocycles. The van der Waals surface area contributed by atoms with Gasteiger partial charge in [-0.25, -0.2) is 9.36 Å². The van der Waals surface area contributed by atoms with E-state index in [1.54, 1.807) is 23.5 Å². The van der Waals surface area contributed by atoms with Gasteiger partial charge in [0.1, 0.15) is 22.5 Å². The van der Waals surface area contributed by atoms with E-state index in [-0.39, 0.29) is 35.0 Å². The highest BCUT2D eigenvalue weighted by atomic mass is 32.2. The van der Waals surface area contributed by atoms with Crippen molar-refractivity contribution in [1.29, 1.82) is 0 Å². The average Bonchev–Trinajstić information content (AvgIpc) is 3.45. The van der Waals surface area contributed by atoms with Gasteiger partial charge >= 0.3 is 0 Å². The topological polar surface area (TPSA) is 110 Å². The molecule has 0 unspecified atom stereocenters. The Kier molecular flexibility index (Phi) is 9.82. The van der Waals surface area contributed by atoms with Gasteiger partial charge in [0.25, 0.3) is 0 Å². The molecule has 0 aliphatic rings. The molecule has 0 aliphatic carbocycles. The highest BCUT2D eigenvalue weighted by molar-refractivity contribution is 7.98. The minimum atomic E-state index is -0.0751. The maximum Gasteiger partial charge on any atom is 0.221 e. The summed E-state index contributed by atoms with van der Waals surface area (Å²) in [6.45, 7) is 7.62. The zero-order chi connectivity index (χ0) is 28.0. The van der Waals surface area contributed by atoms with Crippen molar-refractivity contribution in [2.24, 2.45) is 0 Å². The van der Waals surface area contributed by atoms with E-state index in [0.29, 0.717) is 24.0 Å². The molecule has 200 valence electrons. The SMILES string of the molecule is CSc1ccc(-c2nn(C(C)C)c(O)c2C=O)cc1.CSc1ccc(-c2nn(C(C)C)c(O)c2C=O)cc1. The molecule has 4 rings (SSSR count). The Labute approximate surface area is 231 Å². The van der Waals surface area contributed by atoms with Crippen molar-refractivity contribution in [2.75, 3.05) is 12.5 Å². The zero-order valence-electron chi connectivity index (χ0n) is 22.2. The van der Waals surface area contributed by atoms with Gasteiger partial charge in [0.15, 0.2) is 12.6 Å². The van der Waals surface area contributed by atoms with E-state index in [4.69, 9.17) is 0 Å². The first-order valence-corrected chi connectivity index (χ1v) is 14.4. The number of hydrogen-bond acceptors (Lipinski definition) is 8. The van der Waals surface area contributed by atoms with Gasteiger partial charge in [0, 0.05) is 20.9 Å². The molecule has 2 aromatic heterocycles. The van der Waals surface area contributed by atoms with Crippen LogP contribution in [0.4, 0.5) is 0 Å². The van der Waals surface area contributed by atoms with Crippen LogP contribution in [-0.2, 0) is 0 Å². The van der Waals surface area contributed by atoms with E-state index in [1.807, 2.05) is 88.7 Å². The smallest absolute Gasteiger partial charge is 0.221 e. The summed E-state index contributed by atoms with van der Waals surface area (Å²) < 4.78 is 2.92. The summed E-state index contributed by atoms with van der Waals surface area (Å²) in [7, 11) is 0. The van der Waals surface area contributed by atoms with Crippen LogP contribution in [0.3, 0.4) is 0 Å². The van der Waals surface area contributed by atoms with Crippen LogP contribution in [0.2, 0.25) is 0 Å². The van der Waals surface area contributed by atoms with Crippen molar-refractivity contribution in [1.82, 2.24) is 19.6 Å². The number of nitrogens with zero attached hydrogens (tertiary/aromatic N) is 4. The number of carbonyl (C=O) groups excluding carboxylic acids is 2. The molecule has 4 aromatic rings. The van der Waals surface area contributed by atoms with Gasteiger partial charge < -0.3 is 10.2 Å². The lowest BCUT2D eigenvalue weighted by Gasteiger charge is -2.05. The quantitative estimate of drug-likeness (QED) is 0.183. The molecule has 0 spiro atoms. The standard InChI is InChI=1S/2C14H16N2O2S/c2*1-9(2)16-14(18)12(8-17)13(15-16)10-4-6-11(19-3)7-5-10/h2*4-9,18H,1-3H3. The number of hydrogen-bond donors (Lipinski definition) is 2. The monoisotopic (exact) mass is 552 g/mol. The van der Waals surface area contributed by atoms with Crippen LogP contribution in [0.1, 0.15) is 60.5 Å². The molecule has 2 aromatic carbocycles. The number of carbonyl (C=O) groups is 2. The van der Waals surface area contributed by atoms with E-state index >= 15 is 0 Å². The maximum absolute atomic E-state index is 11.2. The summed E-state index contributed by atoms with van der Waals surface area (Å²) in [6.07, 6.45) is 5.31. The third kappa shape index (κ3) is 6.14. The van der Waals surface area contributed by atoms with Gasteiger partial charge in [0.2, 0.25) is 11.8 Å². The van der Waals surface area contributed by atoms with Crippen molar-refractivity contribution in [3.63, 3.8) is 0 Å². The molecular formula is C28H32N4O4S2. The number of aromatic hydroxyl groups is 2. The van der Waals surface area contributed by atoms with Crippen LogP contribution >= 0.6 is 23.5 Å². The number of aldehydes is 2. The third-order valence-corrected chi connectivity index (χ3v) is 7.27. The first-order chi connectivity index (χ1) is 18.2. The number of benzene rings is 2. The Morgan fingerprint density at radius 1 is 0.658 bits per heavy atom. The zero-order valence-corrected chi connectivity index (χ0v) is 23.9. The Balaban J connectivity index is 0.000000211. The highest BCUT2D eigenvalue weighted by Gasteiger charge is 2.20. The normalized spacial score (nSPS) is 10.9. The largest absolute Gasteiger partial charge is 0.493 e. The van der Waals surface area contributed by atoms with Crippen LogP contribution in [0.15, 0.2) is 58.3 Å². The lowest BCUT2D eigenvalue weighted by Crippen LogP contribution is -2.02. The average molecular weight is 553 g/mol. The lowest BCUT2D eigenvalue weighted by molar-refractivity contribution is 0.111. The number of rotatable bonds is 8. The summed E-state index contributed by atoms with van der Waals surface area (Å²) >= 11 is 3.30. The first kappa shape index (κ1) is 29.1. The molecule has 0 fully saturated rings. The van der Waals surface area contributed by atoms with Crippen LogP contribution in [0.5, 0.6) is 11.8 Å². The summed E-state index contributed by atoms with van der Waals surface area (Å²) in [5, 5.41) is 28.7. The summed E-state index contributed by atoms with van der Waals surface area (Å²) in [4.78, 5) is 24.6. The number of aromatic nitrogens is 4. The van der Waals surface area contributed by atoms with Crippen molar-refractivity contribution in [3.05, 3.63) is 59.7 Å². The van der Waals surface area contributed by atoms with Crippen molar-refractivity contribution in [3.8, 4) is 34.3 Å². The fraction of sp³-hybridized carbons (Fsp3) is 0.286. The minimum absolute atomic E-state index is 0.00193. The minimum Gasteiger partial charge on any atom is -0.493 e. The molecule has 0 amide bonds. The Bertz CT molecular complexity index is 1280. The summed E-state index contributed by atoms with van der Waals surface area (Å²) in [5.41, 5.74) is 3.18. The molecular weight excluding hydrogens is 520 g/mol. The predicted molar refractivity (Wildman–Crippen MR) is 154 cm³/mol. The molecule has 0 aliphatic heterocycles. The van der Waals surface area contributed by atoms with E-state index in [1.165, 1.54) is 9.36 Å². The maximum atomic E-state index is 11.2. The van der Waals surface area contributed by atoms with Crippen molar-refractivity contribution >= 4 is 36.1 Å². The van der Waals surface area contributed by atoms with Crippen LogP contribution in [0, 0.1) is 0 Å². The highest BCUT2D eigenvalue weighted by Crippen LogP contribution is 2.32. The van der Waals surface area contributed by atoms with Gasteiger partial charge in [-0.2, -0.15) is 10.2 Å². The molecule has 8 nitrogen and oxygen atoms in total. The molecule has 2 N–H and O–H groups in total. The molecule has 10 heteroatoms. The Hall–Kier alpha value is -3.50. The lowest BCUT2D eigenvalue weighted by atomic mass is 10.1. The molecule has 0 radical (unpaired) electrons.